The highest BCUT2D eigenvalue weighted by Crippen LogP contribution is 2.34. The van der Waals surface area contributed by atoms with Gasteiger partial charge >= 0.3 is 0 Å². The van der Waals surface area contributed by atoms with Crippen LogP contribution in [0, 0.1) is 0 Å². The molecule has 1 N–H and O–H groups in total. The van der Waals surface area contributed by atoms with Crippen molar-refractivity contribution in [2.75, 3.05) is 52.6 Å². The van der Waals surface area contributed by atoms with Gasteiger partial charge in [-0.15, -0.1) is 0 Å². The molecule has 2 aliphatic heterocycles. The molecule has 3 atom stereocenters. The van der Waals surface area contributed by atoms with Crippen molar-refractivity contribution < 1.29 is 37.0 Å². The number of nitrogens with one attached hydrogen (secondary N) is 1. The molecule has 0 radical (unpaired) electrons. The third-order valence-electron chi connectivity index (χ3n) is 7.35. The number of ether oxygens (including phenoxy) is 4. The summed E-state index contributed by atoms with van der Waals surface area (Å²) in [5.41, 5.74) is 1.58. The molecule has 2 amide bonds. The minimum Gasteiger partial charge on any atom is -0.486 e. The number of amides is 2. The molecule has 4 rings (SSSR count). The molecular weight excluding hydrogens is 681 g/mol. The maximum Gasteiger partial charge on any atom is 0.245 e. The minimum absolute atomic E-state index is 0.0979. The van der Waals surface area contributed by atoms with Gasteiger partial charge in [-0.25, -0.2) is 13.1 Å². The van der Waals surface area contributed by atoms with Crippen LogP contribution in [0.2, 0.25) is 0 Å². The summed E-state index contributed by atoms with van der Waals surface area (Å²) in [6, 6.07) is 10.3. The van der Waals surface area contributed by atoms with Gasteiger partial charge in [-0.3, -0.25) is 9.59 Å². The quantitative estimate of drug-likeness (QED) is 0.245. The van der Waals surface area contributed by atoms with Crippen molar-refractivity contribution in [3.8, 4) is 23.0 Å². The number of rotatable bonds is 11. The van der Waals surface area contributed by atoms with Gasteiger partial charge < -0.3 is 28.7 Å². The van der Waals surface area contributed by atoms with Gasteiger partial charge in [0, 0.05) is 32.4 Å². The van der Waals surface area contributed by atoms with E-state index in [0.29, 0.717) is 56.8 Å². The Balaban J connectivity index is 0.000000301. The van der Waals surface area contributed by atoms with E-state index in [0.717, 1.165) is 36.4 Å². The van der Waals surface area contributed by atoms with E-state index in [1.165, 1.54) is 0 Å². The standard InChI is InChI=1S/C18H28N2O4S.C13H17NO3S.C5H11NO/c1-6-20(7-2)17(21)16(19-25(22)18(3,4)5)13-8-9-14-15(12-13)24-11-10-23-14;1-13(2,3)18(15)14-9-10-4-5-11-12(8-10)17-7-6-16-11;1-3-6(4-2)5-7/h8-9,12,16,19H,6-7,10-11H2,1-5H3;4-5,8-9H,6-7H2,1-3H3;5H,3-4H2,1-2H3/t16-,25+;18-;/m10./s1. The molecule has 12 nitrogen and oxygen atoms in total. The van der Waals surface area contributed by atoms with Crippen LogP contribution < -0.4 is 23.7 Å². The summed E-state index contributed by atoms with van der Waals surface area (Å²) in [5, 5.41) is 0. The molecule has 14 heteroatoms. The van der Waals surface area contributed by atoms with Gasteiger partial charge in [0.1, 0.15) is 43.5 Å². The molecule has 2 heterocycles. The zero-order valence-electron chi connectivity index (χ0n) is 31.3. The van der Waals surface area contributed by atoms with Crippen LogP contribution in [-0.4, -0.2) is 98.9 Å². The molecule has 0 aromatic heterocycles. The number of carbonyl (C=O) groups is 2. The van der Waals surface area contributed by atoms with Gasteiger partial charge in [0.15, 0.2) is 23.0 Å². The highest BCUT2D eigenvalue weighted by Gasteiger charge is 2.31. The van der Waals surface area contributed by atoms with Crippen LogP contribution in [-0.2, 0) is 31.6 Å². The van der Waals surface area contributed by atoms with Crippen molar-refractivity contribution in [2.45, 2.75) is 84.8 Å². The molecule has 0 saturated heterocycles. The lowest BCUT2D eigenvalue weighted by Gasteiger charge is -2.29. The molecule has 2 aliphatic rings. The molecule has 280 valence electrons. The maximum atomic E-state index is 13.0. The van der Waals surface area contributed by atoms with Crippen LogP contribution in [0.1, 0.15) is 86.4 Å². The van der Waals surface area contributed by atoms with Crippen LogP contribution in [0.4, 0.5) is 0 Å². The second-order valence-corrected chi connectivity index (χ2v) is 17.1. The van der Waals surface area contributed by atoms with E-state index in [2.05, 4.69) is 9.12 Å². The number of likely N-dealkylation sites (N-methyl/N-ethyl adjacent to an activating group) is 1. The summed E-state index contributed by atoms with van der Waals surface area (Å²) in [7, 11) is -2.62. The van der Waals surface area contributed by atoms with Crippen molar-refractivity contribution in [1.29, 1.82) is 0 Å². The largest absolute Gasteiger partial charge is 0.486 e. The Bertz CT molecular complexity index is 1460. The smallest absolute Gasteiger partial charge is 0.245 e. The lowest BCUT2D eigenvalue weighted by atomic mass is 10.1. The third kappa shape index (κ3) is 13.3. The van der Waals surface area contributed by atoms with Gasteiger partial charge in [-0.1, -0.05) is 6.07 Å². The summed E-state index contributed by atoms with van der Waals surface area (Å²) < 4.78 is 52.7. The van der Waals surface area contributed by atoms with Crippen LogP contribution >= 0.6 is 0 Å². The van der Waals surface area contributed by atoms with Crippen LogP contribution in [0.5, 0.6) is 23.0 Å². The maximum absolute atomic E-state index is 13.0. The summed E-state index contributed by atoms with van der Waals surface area (Å²) in [5.74, 6) is 2.65. The van der Waals surface area contributed by atoms with E-state index in [1.54, 1.807) is 28.1 Å². The highest BCUT2D eigenvalue weighted by molar-refractivity contribution is 7.85. The fraction of sp³-hybridized carbons (Fsp3) is 0.583. The Morgan fingerprint density at radius 3 is 1.72 bits per heavy atom. The Morgan fingerprint density at radius 1 is 0.780 bits per heavy atom. The summed E-state index contributed by atoms with van der Waals surface area (Å²) >= 11 is 0. The minimum atomic E-state index is -1.38. The Labute approximate surface area is 303 Å². The van der Waals surface area contributed by atoms with Crippen molar-refractivity contribution in [2.24, 2.45) is 4.40 Å². The van der Waals surface area contributed by atoms with E-state index >= 15 is 0 Å². The predicted octanol–water partition coefficient (Wildman–Crippen LogP) is 5.24. The SMILES string of the molecule is CC(C)(C)[S@](=O)N=Cc1ccc2c(c1)OCCO2.CCN(C=O)CC.CCN(CC)C(=O)[C@H](N[S@@](=O)C(C)(C)C)c1ccc2c(c1)OCCO2. The summed E-state index contributed by atoms with van der Waals surface area (Å²) in [6.07, 6.45) is 2.47. The fourth-order valence-electron chi connectivity index (χ4n) is 4.28. The van der Waals surface area contributed by atoms with Gasteiger partial charge in [0.25, 0.3) is 0 Å². The van der Waals surface area contributed by atoms with Crippen LogP contribution in [0.15, 0.2) is 40.8 Å². The number of benzene rings is 2. The number of fused-ring (bicyclic) bond motifs is 2. The molecule has 2 aromatic carbocycles. The number of hydrogen-bond donors (Lipinski definition) is 1. The van der Waals surface area contributed by atoms with Crippen LogP contribution in [0.3, 0.4) is 0 Å². The van der Waals surface area contributed by atoms with Gasteiger partial charge in [-0.05, 0) is 111 Å². The van der Waals surface area contributed by atoms with Crippen molar-refractivity contribution >= 4 is 40.5 Å². The monoisotopic (exact) mass is 736 g/mol. The number of hydrogen-bond acceptors (Lipinski definition) is 8. The van der Waals surface area contributed by atoms with Gasteiger partial charge in [0.2, 0.25) is 12.3 Å². The average Bonchev–Trinajstić information content (AvgIpc) is 3.10. The third-order valence-corrected chi connectivity index (χ3v) is 10.3. The second-order valence-electron chi connectivity index (χ2n) is 13.2. The molecule has 0 unspecified atom stereocenters. The van der Waals surface area contributed by atoms with E-state index < -0.39 is 32.8 Å². The number of nitrogens with zero attached hydrogens (tertiary/aromatic N) is 3. The van der Waals surface area contributed by atoms with Gasteiger partial charge in [0.05, 0.1) is 20.5 Å². The van der Waals surface area contributed by atoms with Crippen molar-refractivity contribution in [1.82, 2.24) is 14.5 Å². The summed E-state index contributed by atoms with van der Waals surface area (Å²) in [4.78, 5) is 26.3. The van der Waals surface area contributed by atoms with E-state index in [4.69, 9.17) is 18.9 Å². The highest BCUT2D eigenvalue weighted by atomic mass is 32.2. The van der Waals surface area contributed by atoms with E-state index in [1.807, 2.05) is 93.5 Å². The Hall–Kier alpha value is -3.49. The Morgan fingerprint density at radius 2 is 1.28 bits per heavy atom. The lowest BCUT2D eigenvalue weighted by Crippen LogP contribution is -2.44. The first-order valence-corrected chi connectivity index (χ1v) is 19.3. The van der Waals surface area contributed by atoms with E-state index in [-0.39, 0.29) is 10.7 Å². The lowest BCUT2D eigenvalue weighted by molar-refractivity contribution is -0.132. The normalized spacial score (nSPS) is 15.3. The Kier molecular flexibility index (Phi) is 17.4. The molecule has 50 heavy (non-hydrogen) atoms. The molecule has 2 aromatic rings. The predicted molar refractivity (Wildman–Crippen MR) is 201 cm³/mol. The first-order chi connectivity index (χ1) is 23.6. The zero-order chi connectivity index (χ0) is 37.5. The first kappa shape index (κ1) is 42.7. The van der Waals surface area contributed by atoms with Crippen molar-refractivity contribution in [3.05, 3.63) is 47.5 Å². The zero-order valence-corrected chi connectivity index (χ0v) is 32.9. The second kappa shape index (κ2) is 20.4. The molecule has 0 bridgehead atoms. The summed E-state index contributed by atoms with van der Waals surface area (Å²) in [6.45, 7) is 24.0. The van der Waals surface area contributed by atoms with Crippen molar-refractivity contribution in [3.63, 3.8) is 0 Å². The molecular formula is C36H56N4O8S2. The molecule has 0 aliphatic carbocycles. The molecule has 0 saturated carbocycles. The van der Waals surface area contributed by atoms with E-state index in [9.17, 15) is 18.0 Å². The molecule has 0 fully saturated rings. The fourth-order valence-corrected chi connectivity index (χ4v) is 5.62. The number of carbonyl (C=O) groups excluding carboxylic acids is 2. The van der Waals surface area contributed by atoms with Gasteiger partial charge in [-0.2, -0.15) is 4.40 Å². The van der Waals surface area contributed by atoms with Crippen LogP contribution in [0.25, 0.3) is 0 Å². The molecule has 0 spiro atoms. The average molecular weight is 737 g/mol. The first-order valence-electron chi connectivity index (χ1n) is 17.0. The topological polar surface area (TPSA) is 136 Å².